The molecule has 104 valence electrons. The molecule has 1 N–H and O–H groups in total. The standard InChI is InChI=1S/C13H17F2N3O/c1-9(19)18(4)10-5-6-11(16-3)12(7-10)17-8-13(2,14)15/h5-8,16H,1-4H3. The van der Waals surface area contributed by atoms with Crippen LogP contribution in [-0.4, -0.2) is 32.1 Å². The smallest absolute Gasteiger partial charge is 0.280 e. The van der Waals surface area contributed by atoms with Gasteiger partial charge in [-0.25, -0.2) is 8.78 Å². The van der Waals surface area contributed by atoms with Gasteiger partial charge in [0.2, 0.25) is 5.91 Å². The predicted molar refractivity (Wildman–Crippen MR) is 73.8 cm³/mol. The number of amides is 1. The molecule has 0 saturated carbocycles. The summed E-state index contributed by atoms with van der Waals surface area (Å²) in [7, 11) is 3.28. The molecule has 1 rings (SSSR count). The summed E-state index contributed by atoms with van der Waals surface area (Å²) in [6.07, 6.45) is 0.584. The Morgan fingerprint density at radius 2 is 2.11 bits per heavy atom. The number of hydrogen-bond donors (Lipinski definition) is 1. The summed E-state index contributed by atoms with van der Waals surface area (Å²) >= 11 is 0. The van der Waals surface area contributed by atoms with E-state index in [-0.39, 0.29) is 5.91 Å². The van der Waals surface area contributed by atoms with E-state index in [2.05, 4.69) is 10.3 Å². The molecule has 1 aromatic carbocycles. The lowest BCUT2D eigenvalue weighted by atomic mass is 10.2. The van der Waals surface area contributed by atoms with Crippen LogP contribution >= 0.6 is 0 Å². The third kappa shape index (κ3) is 4.31. The van der Waals surface area contributed by atoms with Crippen LogP contribution in [0.5, 0.6) is 0 Å². The van der Waals surface area contributed by atoms with Crippen LogP contribution in [0, 0.1) is 0 Å². The van der Waals surface area contributed by atoms with Crippen molar-refractivity contribution in [1.29, 1.82) is 0 Å². The van der Waals surface area contributed by atoms with Gasteiger partial charge in [-0.15, -0.1) is 0 Å². The highest BCUT2D eigenvalue weighted by Crippen LogP contribution is 2.30. The Morgan fingerprint density at radius 1 is 1.47 bits per heavy atom. The molecule has 0 aromatic heterocycles. The Kier molecular flexibility index (Phi) is 4.58. The van der Waals surface area contributed by atoms with Crippen LogP contribution in [0.2, 0.25) is 0 Å². The van der Waals surface area contributed by atoms with Crippen LogP contribution in [0.4, 0.5) is 25.8 Å². The van der Waals surface area contributed by atoms with Gasteiger partial charge in [-0.3, -0.25) is 9.79 Å². The molecule has 1 amide bonds. The SMILES string of the molecule is CNc1ccc(N(C)C(C)=O)cc1N=CC(C)(F)F. The minimum atomic E-state index is -2.98. The van der Waals surface area contributed by atoms with E-state index in [0.29, 0.717) is 23.3 Å². The van der Waals surface area contributed by atoms with Crippen LogP contribution in [-0.2, 0) is 4.79 Å². The first-order valence-corrected chi connectivity index (χ1v) is 5.74. The molecule has 19 heavy (non-hydrogen) atoms. The summed E-state index contributed by atoms with van der Waals surface area (Å²) in [5.74, 6) is -3.12. The van der Waals surface area contributed by atoms with Crippen molar-refractivity contribution in [2.75, 3.05) is 24.3 Å². The molecule has 0 heterocycles. The summed E-state index contributed by atoms with van der Waals surface area (Å²) in [5, 5.41) is 2.87. The third-order valence-corrected chi connectivity index (χ3v) is 2.54. The molecular formula is C13H17F2N3O. The van der Waals surface area contributed by atoms with Crippen molar-refractivity contribution < 1.29 is 13.6 Å². The average molecular weight is 269 g/mol. The van der Waals surface area contributed by atoms with Gasteiger partial charge in [0.25, 0.3) is 5.92 Å². The number of benzene rings is 1. The number of rotatable bonds is 4. The Balaban J connectivity index is 3.17. The molecule has 0 fully saturated rings. The van der Waals surface area contributed by atoms with Crippen molar-refractivity contribution in [1.82, 2.24) is 0 Å². The fourth-order valence-electron chi connectivity index (χ4n) is 1.41. The zero-order valence-corrected chi connectivity index (χ0v) is 11.4. The maximum Gasteiger partial charge on any atom is 0.280 e. The van der Waals surface area contributed by atoms with Gasteiger partial charge in [0.15, 0.2) is 0 Å². The first kappa shape index (κ1) is 15.1. The second kappa shape index (κ2) is 5.77. The zero-order valence-electron chi connectivity index (χ0n) is 11.4. The van der Waals surface area contributed by atoms with E-state index in [9.17, 15) is 13.6 Å². The van der Waals surface area contributed by atoms with E-state index in [0.717, 1.165) is 6.92 Å². The first-order chi connectivity index (χ1) is 8.74. The minimum absolute atomic E-state index is 0.145. The van der Waals surface area contributed by atoms with Crippen molar-refractivity contribution in [3.8, 4) is 0 Å². The minimum Gasteiger partial charge on any atom is -0.386 e. The molecule has 6 heteroatoms. The number of nitrogens with one attached hydrogen (secondary N) is 1. The van der Waals surface area contributed by atoms with Crippen molar-refractivity contribution in [2.45, 2.75) is 19.8 Å². The van der Waals surface area contributed by atoms with E-state index in [1.165, 1.54) is 11.8 Å². The fraction of sp³-hybridized carbons (Fsp3) is 0.385. The van der Waals surface area contributed by atoms with Crippen molar-refractivity contribution in [3.05, 3.63) is 18.2 Å². The van der Waals surface area contributed by atoms with Crippen LogP contribution in [0.3, 0.4) is 0 Å². The van der Waals surface area contributed by atoms with E-state index in [1.54, 1.807) is 32.3 Å². The van der Waals surface area contributed by atoms with E-state index >= 15 is 0 Å². The van der Waals surface area contributed by atoms with Crippen LogP contribution in [0.25, 0.3) is 0 Å². The van der Waals surface area contributed by atoms with Gasteiger partial charge in [0.05, 0.1) is 17.6 Å². The molecule has 0 atom stereocenters. The lowest BCUT2D eigenvalue weighted by Gasteiger charge is -2.16. The summed E-state index contributed by atoms with van der Waals surface area (Å²) in [6, 6.07) is 4.99. The van der Waals surface area contributed by atoms with Crippen molar-refractivity contribution >= 4 is 29.2 Å². The van der Waals surface area contributed by atoms with E-state index < -0.39 is 5.92 Å². The van der Waals surface area contributed by atoms with Gasteiger partial charge in [-0.1, -0.05) is 0 Å². The summed E-state index contributed by atoms with van der Waals surface area (Å²) < 4.78 is 25.6. The van der Waals surface area contributed by atoms with Gasteiger partial charge in [-0.2, -0.15) is 0 Å². The zero-order chi connectivity index (χ0) is 14.6. The van der Waals surface area contributed by atoms with Gasteiger partial charge < -0.3 is 10.2 Å². The lowest BCUT2D eigenvalue weighted by molar-refractivity contribution is -0.116. The highest BCUT2D eigenvalue weighted by atomic mass is 19.3. The number of carbonyl (C=O) groups excluding carboxylic acids is 1. The molecule has 1 aromatic rings. The number of alkyl halides is 2. The molecule has 0 aliphatic carbocycles. The van der Waals surface area contributed by atoms with E-state index in [4.69, 9.17) is 0 Å². The van der Waals surface area contributed by atoms with Crippen molar-refractivity contribution in [3.63, 3.8) is 0 Å². The number of halogens is 2. The Bertz CT molecular complexity index is 495. The quantitative estimate of drug-likeness (QED) is 0.854. The normalized spacial score (nSPS) is 11.7. The molecule has 0 radical (unpaired) electrons. The Morgan fingerprint density at radius 3 is 2.58 bits per heavy atom. The summed E-state index contributed by atoms with van der Waals surface area (Å²) in [4.78, 5) is 16.5. The molecule has 0 aliphatic heterocycles. The topological polar surface area (TPSA) is 44.7 Å². The molecule has 0 saturated heterocycles. The first-order valence-electron chi connectivity index (χ1n) is 5.74. The Labute approximate surface area is 111 Å². The van der Waals surface area contributed by atoms with Gasteiger partial charge in [0.1, 0.15) is 0 Å². The maximum absolute atomic E-state index is 12.8. The summed E-state index contributed by atoms with van der Waals surface area (Å²) in [6.45, 7) is 2.19. The summed E-state index contributed by atoms with van der Waals surface area (Å²) in [5.41, 5.74) is 1.56. The van der Waals surface area contributed by atoms with Crippen molar-refractivity contribution in [2.24, 2.45) is 4.99 Å². The molecule has 0 bridgehead atoms. The Hall–Kier alpha value is -1.98. The number of nitrogens with zero attached hydrogens (tertiary/aromatic N) is 2. The van der Waals surface area contributed by atoms with E-state index in [1.807, 2.05) is 0 Å². The number of hydrogen-bond acceptors (Lipinski definition) is 3. The van der Waals surface area contributed by atoms with Gasteiger partial charge in [0, 0.05) is 33.6 Å². The van der Waals surface area contributed by atoms with Gasteiger partial charge in [-0.05, 0) is 18.2 Å². The second-order valence-electron chi connectivity index (χ2n) is 4.24. The van der Waals surface area contributed by atoms with Crippen LogP contribution in [0.1, 0.15) is 13.8 Å². The molecule has 0 aliphatic rings. The lowest BCUT2D eigenvalue weighted by Crippen LogP contribution is -2.22. The molecule has 4 nitrogen and oxygen atoms in total. The number of carbonyl (C=O) groups is 1. The average Bonchev–Trinajstić information content (AvgIpc) is 2.34. The number of aliphatic imine (C=N–C) groups is 1. The second-order valence-corrected chi connectivity index (χ2v) is 4.24. The molecule has 0 spiro atoms. The maximum atomic E-state index is 12.8. The fourth-order valence-corrected chi connectivity index (χ4v) is 1.41. The highest BCUT2D eigenvalue weighted by molar-refractivity contribution is 5.92. The van der Waals surface area contributed by atoms with Crippen LogP contribution in [0.15, 0.2) is 23.2 Å². The molecular weight excluding hydrogens is 252 g/mol. The third-order valence-electron chi connectivity index (χ3n) is 2.54. The predicted octanol–water partition coefficient (Wildman–Crippen LogP) is 3.07. The number of anilines is 2. The monoisotopic (exact) mass is 269 g/mol. The van der Waals surface area contributed by atoms with Crippen LogP contribution < -0.4 is 10.2 Å². The molecule has 0 unspecified atom stereocenters. The van der Waals surface area contributed by atoms with Gasteiger partial charge >= 0.3 is 0 Å². The largest absolute Gasteiger partial charge is 0.386 e. The highest BCUT2D eigenvalue weighted by Gasteiger charge is 2.17.